The molecular formula is C19H18N2O6S2. The molecule has 152 valence electrons. The van der Waals surface area contributed by atoms with Crippen molar-refractivity contribution >= 4 is 38.9 Å². The van der Waals surface area contributed by atoms with E-state index in [0.717, 1.165) is 4.31 Å². The maximum absolute atomic E-state index is 12.2. The van der Waals surface area contributed by atoms with E-state index in [4.69, 9.17) is 9.15 Å². The molecule has 3 aromatic rings. The number of nitrogens with zero attached hydrogens (tertiary/aromatic N) is 1. The molecule has 0 radical (unpaired) electrons. The van der Waals surface area contributed by atoms with Crippen LogP contribution in [0.5, 0.6) is 0 Å². The maximum Gasteiger partial charge on any atom is 0.338 e. The molecule has 0 aliphatic carbocycles. The molecule has 0 unspecified atom stereocenters. The van der Waals surface area contributed by atoms with Crippen LogP contribution in [0.1, 0.15) is 25.8 Å². The van der Waals surface area contributed by atoms with Gasteiger partial charge in [-0.2, -0.15) is 0 Å². The number of anilines is 1. The molecular weight excluding hydrogens is 416 g/mol. The third-order valence-corrected chi connectivity index (χ3v) is 6.40. The van der Waals surface area contributed by atoms with Crippen molar-refractivity contribution < 1.29 is 27.2 Å². The van der Waals surface area contributed by atoms with Gasteiger partial charge in [-0.25, -0.2) is 17.5 Å². The minimum absolute atomic E-state index is 0.207. The molecule has 0 aliphatic heterocycles. The van der Waals surface area contributed by atoms with Crippen LogP contribution in [0.15, 0.2) is 63.4 Å². The van der Waals surface area contributed by atoms with Crippen molar-refractivity contribution in [2.24, 2.45) is 0 Å². The molecule has 10 heteroatoms. The van der Waals surface area contributed by atoms with Crippen LogP contribution in [0, 0.1) is 0 Å². The highest BCUT2D eigenvalue weighted by atomic mass is 32.2. The first-order valence-electron chi connectivity index (χ1n) is 8.40. The average Bonchev–Trinajstić information content (AvgIpc) is 3.39. The van der Waals surface area contributed by atoms with Gasteiger partial charge in [0.15, 0.2) is 0 Å². The topological polar surface area (TPSA) is 106 Å². The van der Waals surface area contributed by atoms with Gasteiger partial charge in [-0.3, -0.25) is 4.79 Å². The summed E-state index contributed by atoms with van der Waals surface area (Å²) in [4.78, 5) is 24.8. The number of esters is 1. The lowest BCUT2D eigenvalue weighted by Crippen LogP contribution is -2.21. The van der Waals surface area contributed by atoms with Crippen LogP contribution in [0.3, 0.4) is 0 Å². The predicted octanol–water partition coefficient (Wildman–Crippen LogP) is 3.20. The molecule has 0 bridgehead atoms. The highest BCUT2D eigenvalue weighted by Crippen LogP contribution is 2.19. The fourth-order valence-electron chi connectivity index (χ4n) is 2.26. The summed E-state index contributed by atoms with van der Waals surface area (Å²) >= 11 is 1.33. The van der Waals surface area contributed by atoms with Gasteiger partial charge < -0.3 is 14.5 Å². The second kappa shape index (κ2) is 8.60. The Labute approximate surface area is 171 Å². The molecule has 2 aromatic heterocycles. The summed E-state index contributed by atoms with van der Waals surface area (Å²) in [5, 5.41) is 4.33. The minimum Gasteiger partial charge on any atom is -0.454 e. The standard InChI is InChI=1S/C19H18N2O6S2/c1-21(2)29(24,25)17-10-9-15(27-17)12-26-19(23)13-5-7-14(8-6-13)20-18(22)16-4-3-11-28-16/h3-11H,12H2,1-2H3,(H,20,22). The van der Waals surface area contributed by atoms with Gasteiger partial charge in [-0.15, -0.1) is 11.3 Å². The van der Waals surface area contributed by atoms with Crippen LogP contribution in [-0.4, -0.2) is 38.7 Å². The quantitative estimate of drug-likeness (QED) is 0.573. The van der Waals surface area contributed by atoms with E-state index in [9.17, 15) is 18.0 Å². The molecule has 0 spiro atoms. The zero-order valence-electron chi connectivity index (χ0n) is 15.6. The second-order valence-corrected chi connectivity index (χ2v) is 9.12. The summed E-state index contributed by atoms with van der Waals surface area (Å²) in [5.41, 5.74) is 0.830. The first kappa shape index (κ1) is 20.8. The number of ether oxygens (including phenoxy) is 1. The molecule has 1 N–H and O–H groups in total. The van der Waals surface area contributed by atoms with Crippen LogP contribution in [0.2, 0.25) is 0 Å². The lowest BCUT2D eigenvalue weighted by Gasteiger charge is -2.08. The third kappa shape index (κ3) is 4.91. The number of hydrogen-bond acceptors (Lipinski definition) is 7. The molecule has 3 rings (SSSR count). The highest BCUT2D eigenvalue weighted by Gasteiger charge is 2.22. The van der Waals surface area contributed by atoms with Crippen molar-refractivity contribution in [3.05, 3.63) is 70.1 Å². The monoisotopic (exact) mass is 434 g/mol. The lowest BCUT2D eigenvalue weighted by molar-refractivity contribution is 0.0440. The fraction of sp³-hybridized carbons (Fsp3) is 0.158. The van der Waals surface area contributed by atoms with E-state index >= 15 is 0 Å². The van der Waals surface area contributed by atoms with Gasteiger partial charge in [0.2, 0.25) is 5.09 Å². The SMILES string of the molecule is CN(C)S(=O)(=O)c1ccc(COC(=O)c2ccc(NC(=O)c3cccs3)cc2)o1. The van der Waals surface area contributed by atoms with Crippen LogP contribution in [0.4, 0.5) is 5.69 Å². The second-order valence-electron chi connectivity index (χ2n) is 6.09. The van der Waals surface area contributed by atoms with Crippen LogP contribution in [0.25, 0.3) is 0 Å². The van der Waals surface area contributed by atoms with Gasteiger partial charge in [-0.05, 0) is 47.8 Å². The summed E-state index contributed by atoms with van der Waals surface area (Å²) in [6.07, 6.45) is 0. The first-order chi connectivity index (χ1) is 13.8. The Kier molecular flexibility index (Phi) is 6.16. The number of furan rings is 1. The first-order valence-corrected chi connectivity index (χ1v) is 10.7. The van der Waals surface area contributed by atoms with E-state index in [-0.39, 0.29) is 28.9 Å². The number of sulfonamides is 1. The Balaban J connectivity index is 1.57. The molecule has 1 aromatic carbocycles. The number of thiophene rings is 1. The minimum atomic E-state index is -3.69. The molecule has 0 saturated carbocycles. The lowest BCUT2D eigenvalue weighted by atomic mass is 10.2. The van der Waals surface area contributed by atoms with E-state index in [1.165, 1.54) is 49.7 Å². The maximum atomic E-state index is 12.2. The van der Waals surface area contributed by atoms with Crippen LogP contribution < -0.4 is 5.32 Å². The number of rotatable bonds is 7. The smallest absolute Gasteiger partial charge is 0.338 e. The number of amides is 1. The van der Waals surface area contributed by atoms with E-state index in [2.05, 4.69) is 5.32 Å². The van der Waals surface area contributed by atoms with Crippen molar-refractivity contribution in [1.82, 2.24) is 4.31 Å². The Morgan fingerprint density at radius 1 is 1.10 bits per heavy atom. The van der Waals surface area contributed by atoms with E-state index in [1.807, 2.05) is 5.38 Å². The van der Waals surface area contributed by atoms with Crippen molar-refractivity contribution in [3.8, 4) is 0 Å². The zero-order chi connectivity index (χ0) is 21.0. The Morgan fingerprint density at radius 3 is 2.45 bits per heavy atom. The molecule has 1 amide bonds. The third-order valence-electron chi connectivity index (χ3n) is 3.84. The largest absolute Gasteiger partial charge is 0.454 e. The number of carbonyl (C=O) groups excluding carboxylic acids is 2. The van der Waals surface area contributed by atoms with E-state index < -0.39 is 16.0 Å². The summed E-state index contributed by atoms with van der Waals surface area (Å²) in [5.74, 6) is -0.621. The van der Waals surface area contributed by atoms with Crippen molar-refractivity contribution in [3.63, 3.8) is 0 Å². The number of nitrogens with one attached hydrogen (secondary N) is 1. The molecule has 2 heterocycles. The van der Waals surface area contributed by atoms with E-state index in [1.54, 1.807) is 24.3 Å². The molecule has 0 atom stereocenters. The Bertz CT molecular complexity index is 1100. The van der Waals surface area contributed by atoms with Crippen molar-refractivity contribution in [2.75, 3.05) is 19.4 Å². The number of benzene rings is 1. The van der Waals surface area contributed by atoms with Gasteiger partial charge in [0.1, 0.15) is 12.4 Å². The van der Waals surface area contributed by atoms with Gasteiger partial charge in [0.05, 0.1) is 10.4 Å². The van der Waals surface area contributed by atoms with Gasteiger partial charge in [0.25, 0.3) is 15.9 Å². The van der Waals surface area contributed by atoms with Crippen LogP contribution >= 0.6 is 11.3 Å². The summed E-state index contributed by atoms with van der Waals surface area (Å²) in [7, 11) is -0.900. The fourth-order valence-corrected chi connectivity index (χ4v) is 3.70. The molecule has 0 saturated heterocycles. The van der Waals surface area contributed by atoms with Crippen molar-refractivity contribution in [1.29, 1.82) is 0 Å². The normalized spacial score (nSPS) is 11.4. The Hall–Kier alpha value is -2.95. The molecule has 8 nitrogen and oxygen atoms in total. The van der Waals surface area contributed by atoms with Gasteiger partial charge in [0, 0.05) is 19.8 Å². The van der Waals surface area contributed by atoms with Gasteiger partial charge >= 0.3 is 5.97 Å². The predicted molar refractivity (Wildman–Crippen MR) is 107 cm³/mol. The molecule has 29 heavy (non-hydrogen) atoms. The number of carbonyl (C=O) groups is 2. The molecule has 0 fully saturated rings. The molecule has 0 aliphatic rings. The van der Waals surface area contributed by atoms with Crippen molar-refractivity contribution in [2.45, 2.75) is 11.7 Å². The average molecular weight is 434 g/mol. The van der Waals surface area contributed by atoms with Crippen LogP contribution in [-0.2, 0) is 21.4 Å². The highest BCUT2D eigenvalue weighted by molar-refractivity contribution is 7.88. The van der Waals surface area contributed by atoms with Gasteiger partial charge in [-0.1, -0.05) is 6.07 Å². The summed E-state index contributed by atoms with van der Waals surface area (Å²) in [6, 6.07) is 12.5. The Morgan fingerprint density at radius 2 is 1.83 bits per heavy atom. The number of hydrogen-bond donors (Lipinski definition) is 1. The summed E-state index contributed by atoms with van der Waals surface area (Å²) < 4.78 is 35.4. The zero-order valence-corrected chi connectivity index (χ0v) is 17.2. The van der Waals surface area contributed by atoms with E-state index in [0.29, 0.717) is 10.6 Å². The summed E-state index contributed by atoms with van der Waals surface area (Å²) in [6.45, 7) is -0.210.